The van der Waals surface area contributed by atoms with E-state index in [1.54, 1.807) is 18.2 Å². The summed E-state index contributed by atoms with van der Waals surface area (Å²) in [5.74, 6) is -1.52. The van der Waals surface area contributed by atoms with Crippen molar-refractivity contribution in [3.8, 4) is 0 Å². The number of anilines is 1. The van der Waals surface area contributed by atoms with Crippen LogP contribution in [0, 0.1) is 6.92 Å². The van der Waals surface area contributed by atoms with Crippen LogP contribution < -0.4 is 10.6 Å². The monoisotopic (exact) mass is 314 g/mol. The normalized spacial score (nSPS) is 11.8. The SMILES string of the molecule is Cc1cc(NC(=O)C(=O)NCC(C)O)ccc1Br. The van der Waals surface area contributed by atoms with Crippen LogP contribution in [0.4, 0.5) is 5.69 Å². The Bertz CT molecular complexity index is 461. The third-order valence-electron chi connectivity index (χ3n) is 2.18. The summed E-state index contributed by atoms with van der Waals surface area (Å²) in [6, 6.07) is 5.24. The molecule has 5 nitrogen and oxygen atoms in total. The van der Waals surface area contributed by atoms with E-state index in [9.17, 15) is 9.59 Å². The Kier molecular flexibility index (Phi) is 5.30. The van der Waals surface area contributed by atoms with Gasteiger partial charge in [0, 0.05) is 16.7 Å². The molecule has 0 heterocycles. The van der Waals surface area contributed by atoms with E-state index in [0.29, 0.717) is 5.69 Å². The van der Waals surface area contributed by atoms with Crippen molar-refractivity contribution >= 4 is 33.4 Å². The number of halogens is 1. The molecule has 0 bridgehead atoms. The Labute approximate surface area is 114 Å². The number of aliphatic hydroxyl groups excluding tert-OH is 1. The molecular formula is C12H15BrN2O3. The van der Waals surface area contributed by atoms with Gasteiger partial charge in [-0.3, -0.25) is 9.59 Å². The van der Waals surface area contributed by atoms with Gasteiger partial charge in [0.1, 0.15) is 0 Å². The van der Waals surface area contributed by atoms with E-state index in [1.807, 2.05) is 6.92 Å². The van der Waals surface area contributed by atoms with Crippen LogP contribution in [0.3, 0.4) is 0 Å². The number of carbonyl (C=O) groups excluding carboxylic acids is 2. The van der Waals surface area contributed by atoms with E-state index < -0.39 is 17.9 Å². The van der Waals surface area contributed by atoms with Crippen LogP contribution in [0.2, 0.25) is 0 Å². The first kappa shape index (κ1) is 14.7. The number of amides is 2. The highest BCUT2D eigenvalue weighted by Gasteiger charge is 2.14. The third kappa shape index (κ3) is 4.46. The summed E-state index contributed by atoms with van der Waals surface area (Å²) in [6.07, 6.45) is -0.684. The smallest absolute Gasteiger partial charge is 0.313 e. The molecule has 0 fully saturated rings. The van der Waals surface area contributed by atoms with Gasteiger partial charge in [-0.25, -0.2) is 0 Å². The minimum absolute atomic E-state index is 0.0472. The zero-order valence-corrected chi connectivity index (χ0v) is 11.7. The molecule has 1 unspecified atom stereocenters. The number of hydrogen-bond donors (Lipinski definition) is 3. The van der Waals surface area contributed by atoms with Crippen molar-refractivity contribution in [1.29, 1.82) is 0 Å². The van der Waals surface area contributed by atoms with Crippen LogP contribution >= 0.6 is 15.9 Å². The summed E-state index contributed by atoms with van der Waals surface area (Å²) in [6.45, 7) is 3.45. The Morgan fingerprint density at radius 2 is 2.06 bits per heavy atom. The number of carbonyl (C=O) groups is 2. The van der Waals surface area contributed by atoms with Crippen LogP contribution in [0.25, 0.3) is 0 Å². The summed E-state index contributed by atoms with van der Waals surface area (Å²) in [5.41, 5.74) is 1.50. The van der Waals surface area contributed by atoms with Crippen molar-refractivity contribution < 1.29 is 14.7 Å². The van der Waals surface area contributed by atoms with Gasteiger partial charge >= 0.3 is 11.8 Å². The van der Waals surface area contributed by atoms with Gasteiger partial charge in [0.05, 0.1) is 6.10 Å². The minimum atomic E-state index is -0.767. The second-order valence-corrected chi connectivity index (χ2v) is 4.83. The molecule has 1 rings (SSSR count). The molecule has 0 radical (unpaired) electrons. The molecule has 0 aliphatic heterocycles. The molecular weight excluding hydrogens is 300 g/mol. The van der Waals surface area contributed by atoms with E-state index in [4.69, 9.17) is 5.11 Å². The molecule has 0 aliphatic carbocycles. The quantitative estimate of drug-likeness (QED) is 0.733. The van der Waals surface area contributed by atoms with Gasteiger partial charge in [-0.15, -0.1) is 0 Å². The Balaban J connectivity index is 2.58. The maximum Gasteiger partial charge on any atom is 0.313 e. The fourth-order valence-corrected chi connectivity index (χ4v) is 1.48. The van der Waals surface area contributed by atoms with Crippen LogP contribution in [0.5, 0.6) is 0 Å². The highest BCUT2D eigenvalue weighted by atomic mass is 79.9. The summed E-state index contributed by atoms with van der Waals surface area (Å²) < 4.78 is 0.930. The van der Waals surface area contributed by atoms with Crippen molar-refractivity contribution in [2.45, 2.75) is 20.0 Å². The molecule has 98 valence electrons. The summed E-state index contributed by atoms with van der Waals surface area (Å²) >= 11 is 3.35. The van der Waals surface area contributed by atoms with E-state index in [1.165, 1.54) is 6.92 Å². The molecule has 1 atom stereocenters. The maximum atomic E-state index is 11.5. The zero-order chi connectivity index (χ0) is 13.7. The third-order valence-corrected chi connectivity index (χ3v) is 3.07. The Morgan fingerprint density at radius 1 is 1.39 bits per heavy atom. The van der Waals surface area contributed by atoms with E-state index in [0.717, 1.165) is 10.0 Å². The number of nitrogens with one attached hydrogen (secondary N) is 2. The highest BCUT2D eigenvalue weighted by Crippen LogP contribution is 2.19. The fourth-order valence-electron chi connectivity index (χ4n) is 1.23. The number of aliphatic hydroxyl groups is 1. The molecule has 0 spiro atoms. The zero-order valence-electron chi connectivity index (χ0n) is 10.2. The molecule has 0 aliphatic rings. The van der Waals surface area contributed by atoms with E-state index in [2.05, 4.69) is 26.6 Å². The van der Waals surface area contributed by atoms with Gasteiger partial charge in [-0.2, -0.15) is 0 Å². The topological polar surface area (TPSA) is 78.4 Å². The van der Waals surface area contributed by atoms with Gasteiger partial charge in [0.15, 0.2) is 0 Å². The van der Waals surface area contributed by atoms with Crippen LogP contribution in [-0.4, -0.2) is 29.6 Å². The Morgan fingerprint density at radius 3 is 2.61 bits per heavy atom. The van der Waals surface area contributed by atoms with Crippen LogP contribution in [0.15, 0.2) is 22.7 Å². The molecule has 0 aromatic heterocycles. The molecule has 3 N–H and O–H groups in total. The van der Waals surface area contributed by atoms with Gasteiger partial charge in [-0.1, -0.05) is 15.9 Å². The van der Waals surface area contributed by atoms with E-state index >= 15 is 0 Å². The number of aryl methyl sites for hydroxylation is 1. The van der Waals surface area contributed by atoms with Crippen LogP contribution in [-0.2, 0) is 9.59 Å². The predicted octanol–water partition coefficient (Wildman–Crippen LogP) is 1.19. The van der Waals surface area contributed by atoms with Gasteiger partial charge in [0.25, 0.3) is 0 Å². The van der Waals surface area contributed by atoms with Crippen molar-refractivity contribution in [3.05, 3.63) is 28.2 Å². The lowest BCUT2D eigenvalue weighted by Gasteiger charge is -2.08. The Hall–Kier alpha value is -1.40. The number of rotatable bonds is 3. The molecule has 18 heavy (non-hydrogen) atoms. The fraction of sp³-hybridized carbons (Fsp3) is 0.333. The minimum Gasteiger partial charge on any atom is -0.392 e. The van der Waals surface area contributed by atoms with Gasteiger partial charge < -0.3 is 15.7 Å². The van der Waals surface area contributed by atoms with Gasteiger partial charge in [-0.05, 0) is 37.6 Å². The average molecular weight is 315 g/mol. The van der Waals surface area contributed by atoms with Crippen molar-refractivity contribution in [2.24, 2.45) is 0 Å². The van der Waals surface area contributed by atoms with Crippen molar-refractivity contribution in [1.82, 2.24) is 5.32 Å². The maximum absolute atomic E-state index is 11.5. The molecule has 0 saturated carbocycles. The molecule has 6 heteroatoms. The summed E-state index contributed by atoms with van der Waals surface area (Å²) in [7, 11) is 0. The lowest BCUT2D eigenvalue weighted by molar-refractivity contribution is -0.136. The largest absolute Gasteiger partial charge is 0.392 e. The predicted molar refractivity (Wildman–Crippen MR) is 72.2 cm³/mol. The van der Waals surface area contributed by atoms with Crippen LogP contribution in [0.1, 0.15) is 12.5 Å². The molecule has 1 aromatic rings. The lowest BCUT2D eigenvalue weighted by atomic mass is 10.2. The number of hydrogen-bond acceptors (Lipinski definition) is 3. The summed E-state index contributed by atoms with van der Waals surface area (Å²) in [4.78, 5) is 22.9. The van der Waals surface area contributed by atoms with Crippen molar-refractivity contribution in [3.63, 3.8) is 0 Å². The standard InChI is InChI=1S/C12H15BrN2O3/c1-7-5-9(3-4-10(7)13)15-12(18)11(17)14-6-8(2)16/h3-5,8,16H,6H2,1-2H3,(H,14,17)(H,15,18). The van der Waals surface area contributed by atoms with Gasteiger partial charge in [0.2, 0.25) is 0 Å². The average Bonchev–Trinajstić information content (AvgIpc) is 2.30. The highest BCUT2D eigenvalue weighted by molar-refractivity contribution is 9.10. The summed E-state index contributed by atoms with van der Waals surface area (Å²) in [5, 5.41) is 13.8. The molecule has 2 amide bonds. The molecule has 1 aromatic carbocycles. The second-order valence-electron chi connectivity index (χ2n) is 3.98. The van der Waals surface area contributed by atoms with Crippen molar-refractivity contribution in [2.75, 3.05) is 11.9 Å². The first-order valence-electron chi connectivity index (χ1n) is 5.43. The lowest BCUT2D eigenvalue weighted by Crippen LogP contribution is -2.38. The first-order valence-corrected chi connectivity index (χ1v) is 6.23. The first-order chi connectivity index (χ1) is 8.40. The van der Waals surface area contributed by atoms with E-state index in [-0.39, 0.29) is 6.54 Å². The second kappa shape index (κ2) is 6.51. The molecule has 0 saturated heterocycles. The number of benzene rings is 1.